The van der Waals surface area contributed by atoms with Gasteiger partial charge in [0.1, 0.15) is 4.91 Å². The third-order valence-electron chi connectivity index (χ3n) is 5.23. The highest BCUT2D eigenvalue weighted by Crippen LogP contribution is 2.34. The van der Waals surface area contributed by atoms with Crippen LogP contribution in [0.4, 0.5) is 5.69 Å². The number of sulfonamides is 1. The van der Waals surface area contributed by atoms with Gasteiger partial charge in [0.25, 0.3) is 15.9 Å². The molecule has 0 saturated heterocycles. The molecule has 2 N–H and O–H groups in total. The lowest BCUT2D eigenvalue weighted by atomic mass is 10.1. The molecule has 0 unspecified atom stereocenters. The first-order valence-electron chi connectivity index (χ1n) is 9.73. The van der Waals surface area contributed by atoms with E-state index in [9.17, 15) is 13.2 Å². The molecule has 2 aromatic carbocycles. The fraction of sp³-hybridized carbons (Fsp3) is 0.136. The molecule has 2 aromatic rings. The molecule has 0 aromatic heterocycles. The molecule has 2 heterocycles. The maximum absolute atomic E-state index is 13.4. The standard InChI is InChI=1S/C22H21IN4O3S2/c1-15(16-7-4-3-5-8-16)26(2)22(28)18-11-10-17(23)13-19(18)25-32(29,30)21-9-6-12-27-20(21)14-24-31-27/h3-15,24-25H,1-2H3/t15-/m1/s1. The van der Waals surface area contributed by atoms with E-state index in [0.717, 1.165) is 9.13 Å². The van der Waals surface area contributed by atoms with Crippen LogP contribution in [0.25, 0.3) is 0 Å². The SMILES string of the molecule is C[C@H](c1ccccc1)N(C)C(=O)c1ccc(I)cc1NS(=O)(=O)C1=CC=CN2SNC=C12. The van der Waals surface area contributed by atoms with Gasteiger partial charge in [0.2, 0.25) is 0 Å². The summed E-state index contributed by atoms with van der Waals surface area (Å²) in [6.45, 7) is 1.94. The van der Waals surface area contributed by atoms with Crippen LogP contribution in [0, 0.1) is 3.57 Å². The minimum atomic E-state index is -3.94. The van der Waals surface area contributed by atoms with E-state index in [2.05, 4.69) is 32.0 Å². The van der Waals surface area contributed by atoms with Crippen LogP contribution in [0.5, 0.6) is 0 Å². The van der Waals surface area contributed by atoms with Gasteiger partial charge < -0.3 is 9.62 Å². The second-order valence-electron chi connectivity index (χ2n) is 7.24. The summed E-state index contributed by atoms with van der Waals surface area (Å²) < 4.78 is 34.7. The molecular formula is C22H21IN4O3S2. The first-order chi connectivity index (χ1) is 15.3. The summed E-state index contributed by atoms with van der Waals surface area (Å²) in [5.74, 6) is -0.271. The second-order valence-corrected chi connectivity index (χ2v) is 10.9. The number of hydrogen-bond donors (Lipinski definition) is 2. The van der Waals surface area contributed by atoms with E-state index >= 15 is 0 Å². The normalized spacial score (nSPS) is 15.9. The molecule has 0 fully saturated rings. The van der Waals surface area contributed by atoms with E-state index in [0.29, 0.717) is 5.70 Å². The lowest BCUT2D eigenvalue weighted by Gasteiger charge is -2.27. The molecule has 166 valence electrons. The van der Waals surface area contributed by atoms with Crippen molar-refractivity contribution in [3.63, 3.8) is 0 Å². The molecule has 2 aliphatic rings. The van der Waals surface area contributed by atoms with Crippen LogP contribution in [0.15, 0.2) is 83.7 Å². The fourth-order valence-electron chi connectivity index (χ4n) is 3.37. The monoisotopic (exact) mass is 580 g/mol. The predicted octanol–water partition coefficient (Wildman–Crippen LogP) is 4.59. The lowest BCUT2D eigenvalue weighted by molar-refractivity contribution is 0.0743. The Bertz CT molecular complexity index is 1240. The average molecular weight is 580 g/mol. The fourth-order valence-corrected chi connectivity index (χ4v) is 5.84. The zero-order valence-corrected chi connectivity index (χ0v) is 21.1. The highest BCUT2D eigenvalue weighted by molar-refractivity contribution is 14.1. The van der Waals surface area contributed by atoms with Crippen molar-refractivity contribution < 1.29 is 13.2 Å². The molecule has 7 nitrogen and oxygen atoms in total. The number of hydrogen-bond acceptors (Lipinski definition) is 6. The highest BCUT2D eigenvalue weighted by Gasteiger charge is 2.31. The number of allylic oxidation sites excluding steroid dienone is 2. The Labute approximate surface area is 205 Å². The Balaban J connectivity index is 1.65. The Morgan fingerprint density at radius 3 is 2.72 bits per heavy atom. The van der Waals surface area contributed by atoms with Crippen molar-refractivity contribution in [2.75, 3.05) is 11.8 Å². The van der Waals surface area contributed by atoms with Crippen molar-refractivity contribution in [3.05, 3.63) is 98.4 Å². The van der Waals surface area contributed by atoms with Gasteiger partial charge in [0.05, 0.1) is 35.1 Å². The van der Waals surface area contributed by atoms with Gasteiger partial charge in [-0.3, -0.25) is 13.8 Å². The molecule has 32 heavy (non-hydrogen) atoms. The summed E-state index contributed by atoms with van der Waals surface area (Å²) in [7, 11) is -2.22. The largest absolute Gasteiger partial charge is 0.335 e. The van der Waals surface area contributed by atoms with Crippen molar-refractivity contribution in [1.29, 1.82) is 0 Å². The third-order valence-corrected chi connectivity index (χ3v) is 8.06. The molecule has 0 bridgehead atoms. The van der Waals surface area contributed by atoms with E-state index in [1.165, 1.54) is 18.2 Å². The number of carbonyl (C=O) groups is 1. The number of fused-ring (bicyclic) bond motifs is 1. The van der Waals surface area contributed by atoms with Crippen LogP contribution in [0.3, 0.4) is 0 Å². The van der Waals surface area contributed by atoms with Crippen LogP contribution < -0.4 is 9.44 Å². The third kappa shape index (κ3) is 4.52. The van der Waals surface area contributed by atoms with Gasteiger partial charge >= 0.3 is 0 Å². The molecular weight excluding hydrogens is 559 g/mol. The first kappa shape index (κ1) is 22.7. The van der Waals surface area contributed by atoms with Crippen LogP contribution in [-0.4, -0.2) is 30.6 Å². The number of benzene rings is 2. The van der Waals surface area contributed by atoms with Crippen LogP contribution >= 0.6 is 34.7 Å². The predicted molar refractivity (Wildman–Crippen MR) is 137 cm³/mol. The number of nitrogens with one attached hydrogen (secondary N) is 2. The number of halogens is 1. The van der Waals surface area contributed by atoms with E-state index in [1.807, 2.05) is 37.3 Å². The summed E-state index contributed by atoms with van der Waals surface area (Å²) in [5, 5.41) is 0. The summed E-state index contributed by atoms with van der Waals surface area (Å²) in [6.07, 6.45) is 6.62. The second kappa shape index (κ2) is 9.20. The number of amides is 1. The van der Waals surface area contributed by atoms with Crippen LogP contribution in [0.2, 0.25) is 0 Å². The van der Waals surface area contributed by atoms with Crippen molar-refractivity contribution in [3.8, 4) is 0 Å². The zero-order chi connectivity index (χ0) is 22.9. The topological polar surface area (TPSA) is 81.8 Å². The highest BCUT2D eigenvalue weighted by atomic mass is 127. The molecule has 4 rings (SSSR count). The minimum absolute atomic E-state index is 0.126. The summed E-state index contributed by atoms with van der Waals surface area (Å²) >= 11 is 3.37. The van der Waals surface area contributed by atoms with E-state index in [4.69, 9.17) is 0 Å². The summed E-state index contributed by atoms with van der Waals surface area (Å²) in [6, 6.07) is 14.6. The van der Waals surface area contributed by atoms with Crippen LogP contribution in [-0.2, 0) is 10.0 Å². The van der Waals surface area contributed by atoms with E-state index < -0.39 is 10.0 Å². The van der Waals surface area contributed by atoms with Gasteiger partial charge in [0.15, 0.2) is 0 Å². The van der Waals surface area contributed by atoms with Gasteiger partial charge in [-0.2, -0.15) is 0 Å². The first-order valence-corrected chi connectivity index (χ1v) is 13.1. The van der Waals surface area contributed by atoms with Gasteiger partial charge in [-0.15, -0.1) is 0 Å². The van der Waals surface area contributed by atoms with Crippen molar-refractivity contribution in [2.45, 2.75) is 13.0 Å². The minimum Gasteiger partial charge on any atom is -0.335 e. The molecule has 2 aliphatic heterocycles. The van der Waals surface area contributed by atoms with Gasteiger partial charge in [0, 0.05) is 23.0 Å². The van der Waals surface area contributed by atoms with Crippen molar-refractivity contribution in [2.24, 2.45) is 0 Å². The Kier molecular flexibility index (Phi) is 6.54. The molecule has 1 amide bonds. The van der Waals surface area contributed by atoms with Crippen molar-refractivity contribution in [1.82, 2.24) is 13.9 Å². The Hall–Kier alpha value is -2.44. The number of rotatable bonds is 6. The van der Waals surface area contributed by atoms with Gasteiger partial charge in [-0.05, 0) is 65.4 Å². The van der Waals surface area contributed by atoms with Gasteiger partial charge in [-0.1, -0.05) is 30.3 Å². The van der Waals surface area contributed by atoms with Gasteiger partial charge in [-0.25, -0.2) is 8.42 Å². The smallest absolute Gasteiger partial charge is 0.264 e. The molecule has 10 heteroatoms. The molecule has 0 spiro atoms. The Morgan fingerprint density at radius 2 is 1.97 bits per heavy atom. The molecule has 0 aliphatic carbocycles. The maximum atomic E-state index is 13.4. The average Bonchev–Trinajstić information content (AvgIpc) is 3.27. The zero-order valence-electron chi connectivity index (χ0n) is 17.3. The summed E-state index contributed by atoms with van der Waals surface area (Å²) in [5.41, 5.74) is 2.05. The van der Waals surface area contributed by atoms with E-state index in [-0.39, 0.29) is 28.1 Å². The molecule has 0 radical (unpaired) electrons. The van der Waals surface area contributed by atoms with E-state index in [1.54, 1.807) is 52.9 Å². The molecule has 0 saturated carbocycles. The number of carbonyl (C=O) groups excluding carboxylic acids is 1. The number of anilines is 1. The quantitative estimate of drug-likeness (QED) is 0.385. The number of nitrogens with zero attached hydrogens (tertiary/aromatic N) is 2. The Morgan fingerprint density at radius 1 is 1.22 bits per heavy atom. The van der Waals surface area contributed by atoms with Crippen LogP contribution in [0.1, 0.15) is 28.9 Å². The summed E-state index contributed by atoms with van der Waals surface area (Å²) in [4.78, 5) is 15.1. The molecule has 1 atom stereocenters. The lowest BCUT2D eigenvalue weighted by Crippen LogP contribution is -2.31. The maximum Gasteiger partial charge on any atom is 0.264 e. The van der Waals surface area contributed by atoms with Crippen molar-refractivity contribution >= 4 is 56.3 Å².